The molecule has 0 spiro atoms. The Hall–Kier alpha value is -3.77. The lowest BCUT2D eigenvalue weighted by atomic mass is 9.78. The van der Waals surface area contributed by atoms with Crippen LogP contribution in [0.2, 0.25) is 0 Å². The average molecular weight is 494 g/mol. The molecule has 0 bridgehead atoms. The van der Waals surface area contributed by atoms with Crippen LogP contribution in [0, 0.1) is 17.2 Å². The van der Waals surface area contributed by atoms with Gasteiger partial charge in [-0.05, 0) is 41.3 Å². The lowest BCUT2D eigenvalue weighted by Gasteiger charge is -2.31. The molecule has 0 radical (unpaired) electrons. The van der Waals surface area contributed by atoms with Crippen LogP contribution in [0.25, 0.3) is 0 Å². The van der Waals surface area contributed by atoms with Crippen molar-refractivity contribution < 1.29 is 23.9 Å². The maximum atomic E-state index is 12.9. The smallest absolute Gasteiger partial charge is 0.319 e. The summed E-state index contributed by atoms with van der Waals surface area (Å²) in [5.41, 5.74) is 2.54. The van der Waals surface area contributed by atoms with E-state index < -0.39 is 23.7 Å². The van der Waals surface area contributed by atoms with Crippen molar-refractivity contribution in [2.45, 2.75) is 25.7 Å². The van der Waals surface area contributed by atoms with E-state index in [1.54, 1.807) is 31.4 Å². The Morgan fingerprint density at radius 2 is 1.77 bits per heavy atom. The van der Waals surface area contributed by atoms with Gasteiger partial charge in [-0.15, -0.1) is 0 Å². The minimum atomic E-state index is -1.21. The number of rotatable bonds is 8. The average Bonchev–Trinajstić information content (AvgIpc) is 2.87. The van der Waals surface area contributed by atoms with E-state index in [4.69, 9.17) is 9.47 Å². The predicted molar refractivity (Wildman–Crippen MR) is 134 cm³/mol. The van der Waals surface area contributed by atoms with Gasteiger partial charge in [0.15, 0.2) is 0 Å². The first-order valence-corrected chi connectivity index (χ1v) is 12.0. The highest BCUT2D eigenvalue weighted by Crippen LogP contribution is 2.40. The number of amides is 2. The summed E-state index contributed by atoms with van der Waals surface area (Å²) in [4.78, 5) is 38.0. The Labute approximate surface area is 208 Å². The number of thioether (sulfide) groups is 1. The predicted octanol–water partition coefficient (Wildman–Crippen LogP) is 3.93. The van der Waals surface area contributed by atoms with Crippen molar-refractivity contribution in [1.29, 1.82) is 5.26 Å². The van der Waals surface area contributed by atoms with Crippen LogP contribution >= 0.6 is 11.8 Å². The summed E-state index contributed by atoms with van der Waals surface area (Å²) in [7, 11) is 2.76. The van der Waals surface area contributed by atoms with E-state index in [-0.39, 0.29) is 22.3 Å². The number of benzene rings is 2. The molecule has 2 atom stereocenters. The molecule has 0 saturated heterocycles. The zero-order chi connectivity index (χ0) is 25.5. The summed E-state index contributed by atoms with van der Waals surface area (Å²) in [5, 5.41) is 15.7. The fourth-order valence-corrected chi connectivity index (χ4v) is 4.63. The van der Waals surface area contributed by atoms with Crippen LogP contribution < -0.4 is 15.4 Å². The van der Waals surface area contributed by atoms with Crippen LogP contribution in [0.4, 0.5) is 5.69 Å². The van der Waals surface area contributed by atoms with E-state index in [9.17, 15) is 19.6 Å². The van der Waals surface area contributed by atoms with E-state index in [1.165, 1.54) is 7.11 Å². The van der Waals surface area contributed by atoms with Gasteiger partial charge in [-0.1, -0.05) is 49.9 Å². The molecule has 2 aromatic carbocycles. The number of carbonyl (C=O) groups excluding carboxylic acids is 3. The normalized spacial score (nSPS) is 17.4. The van der Waals surface area contributed by atoms with Gasteiger partial charge in [0.05, 0.1) is 36.6 Å². The standard InChI is InChI=1S/C26H27N3O5S/c1-15(2)16-5-7-17(8-6-16)22-20(13-27)25(29-24(31)23(22)26(32)34-4)35-14-21(30)28-18-9-11-19(33-3)12-10-18/h5-12,15,22-23H,14H2,1-4H3,(H,28,30)(H,29,31)/t22-,23-/m1/s1. The van der Waals surface area contributed by atoms with Gasteiger partial charge in [-0.2, -0.15) is 5.26 Å². The minimum absolute atomic E-state index is 0.0469. The van der Waals surface area contributed by atoms with Gasteiger partial charge in [-0.3, -0.25) is 14.4 Å². The van der Waals surface area contributed by atoms with Crippen molar-refractivity contribution in [3.05, 3.63) is 70.3 Å². The van der Waals surface area contributed by atoms with Crippen molar-refractivity contribution in [3.63, 3.8) is 0 Å². The summed E-state index contributed by atoms with van der Waals surface area (Å²) in [6.45, 7) is 4.12. The summed E-state index contributed by atoms with van der Waals surface area (Å²) in [5.74, 6) is -2.73. The summed E-state index contributed by atoms with van der Waals surface area (Å²) < 4.78 is 9.98. The molecule has 2 N–H and O–H groups in total. The molecule has 1 heterocycles. The van der Waals surface area contributed by atoms with E-state index in [2.05, 4.69) is 30.6 Å². The molecular formula is C26H27N3O5S. The lowest BCUT2D eigenvalue weighted by molar-refractivity contribution is -0.150. The molecule has 0 fully saturated rings. The second-order valence-electron chi connectivity index (χ2n) is 8.21. The van der Waals surface area contributed by atoms with Crippen LogP contribution in [-0.4, -0.2) is 37.8 Å². The van der Waals surface area contributed by atoms with Crippen LogP contribution in [-0.2, 0) is 19.1 Å². The number of hydrogen-bond acceptors (Lipinski definition) is 7. The Morgan fingerprint density at radius 3 is 2.31 bits per heavy atom. The van der Waals surface area contributed by atoms with Gasteiger partial charge in [0.2, 0.25) is 11.8 Å². The first-order chi connectivity index (χ1) is 16.8. The van der Waals surface area contributed by atoms with Gasteiger partial charge in [0, 0.05) is 11.6 Å². The Balaban J connectivity index is 1.87. The molecule has 2 aromatic rings. The molecular weight excluding hydrogens is 466 g/mol. The second-order valence-corrected chi connectivity index (χ2v) is 9.19. The number of carbonyl (C=O) groups is 3. The molecule has 9 heteroatoms. The van der Waals surface area contributed by atoms with Crippen molar-refractivity contribution in [2.24, 2.45) is 5.92 Å². The largest absolute Gasteiger partial charge is 0.497 e. The number of esters is 1. The van der Waals surface area contributed by atoms with E-state index in [0.29, 0.717) is 22.9 Å². The molecule has 8 nitrogen and oxygen atoms in total. The van der Waals surface area contributed by atoms with Gasteiger partial charge in [-0.25, -0.2) is 0 Å². The highest BCUT2D eigenvalue weighted by Gasteiger charge is 2.44. The zero-order valence-electron chi connectivity index (χ0n) is 20.0. The second kappa shape index (κ2) is 11.6. The number of hydrogen-bond donors (Lipinski definition) is 2. The van der Waals surface area contributed by atoms with Crippen molar-refractivity contribution >= 4 is 35.2 Å². The molecule has 0 aromatic heterocycles. The quantitative estimate of drug-likeness (QED) is 0.423. The molecule has 35 heavy (non-hydrogen) atoms. The number of methoxy groups -OCH3 is 2. The monoisotopic (exact) mass is 493 g/mol. The first kappa shape index (κ1) is 25.8. The van der Waals surface area contributed by atoms with Gasteiger partial charge in [0.1, 0.15) is 11.7 Å². The number of ether oxygens (including phenoxy) is 2. The Morgan fingerprint density at radius 1 is 1.11 bits per heavy atom. The third-order valence-corrected chi connectivity index (χ3v) is 6.68. The molecule has 3 rings (SSSR count). The molecule has 0 aliphatic carbocycles. The van der Waals surface area contributed by atoms with Crippen molar-refractivity contribution in [2.75, 3.05) is 25.3 Å². The first-order valence-electron chi connectivity index (χ1n) is 11.0. The molecule has 0 saturated carbocycles. The Bertz CT molecular complexity index is 1170. The topological polar surface area (TPSA) is 118 Å². The van der Waals surface area contributed by atoms with E-state index in [1.807, 2.05) is 24.3 Å². The van der Waals surface area contributed by atoms with Gasteiger partial charge >= 0.3 is 5.97 Å². The van der Waals surface area contributed by atoms with Crippen LogP contribution in [0.5, 0.6) is 5.75 Å². The third kappa shape index (κ3) is 6.03. The molecule has 182 valence electrons. The zero-order valence-corrected chi connectivity index (χ0v) is 20.8. The Kier molecular flexibility index (Phi) is 8.55. The van der Waals surface area contributed by atoms with E-state index in [0.717, 1.165) is 17.3 Å². The van der Waals surface area contributed by atoms with Crippen LogP contribution in [0.15, 0.2) is 59.1 Å². The molecule has 1 aliphatic rings. The van der Waals surface area contributed by atoms with Crippen molar-refractivity contribution in [3.8, 4) is 11.8 Å². The summed E-state index contributed by atoms with van der Waals surface area (Å²) >= 11 is 1.03. The molecule has 2 amide bonds. The minimum Gasteiger partial charge on any atom is -0.497 e. The molecule has 0 unspecified atom stereocenters. The lowest BCUT2D eigenvalue weighted by Crippen LogP contribution is -2.44. The highest BCUT2D eigenvalue weighted by atomic mass is 32.2. The third-order valence-electron chi connectivity index (χ3n) is 5.67. The maximum Gasteiger partial charge on any atom is 0.319 e. The van der Waals surface area contributed by atoms with E-state index >= 15 is 0 Å². The highest BCUT2D eigenvalue weighted by molar-refractivity contribution is 8.03. The van der Waals surface area contributed by atoms with Gasteiger partial charge < -0.3 is 20.1 Å². The SMILES string of the molecule is COC(=O)[C@H]1C(=O)NC(SCC(=O)Nc2ccc(OC)cc2)=C(C#N)[C@H]1c1ccc(C(C)C)cc1. The fourth-order valence-electron chi connectivity index (χ4n) is 3.78. The van der Waals surface area contributed by atoms with Crippen LogP contribution in [0.3, 0.4) is 0 Å². The summed E-state index contributed by atoms with van der Waals surface area (Å²) in [6, 6.07) is 16.5. The number of nitriles is 1. The number of anilines is 1. The summed E-state index contributed by atoms with van der Waals surface area (Å²) in [6.07, 6.45) is 0. The van der Waals surface area contributed by atoms with Crippen molar-refractivity contribution in [1.82, 2.24) is 5.32 Å². The fraction of sp³-hybridized carbons (Fsp3) is 0.308. The number of nitrogens with zero attached hydrogens (tertiary/aromatic N) is 1. The number of nitrogens with one attached hydrogen (secondary N) is 2. The van der Waals surface area contributed by atoms with Crippen LogP contribution in [0.1, 0.15) is 36.8 Å². The maximum absolute atomic E-state index is 12.9. The molecule has 1 aliphatic heterocycles. The van der Waals surface area contributed by atoms with Gasteiger partial charge in [0.25, 0.3) is 0 Å². The number of allylic oxidation sites excluding steroid dienone is 1.